The molecule has 0 bridgehead atoms. The van der Waals surface area contributed by atoms with E-state index in [1.165, 1.54) is 11.3 Å². The molecule has 108 valence electrons. The fourth-order valence-corrected chi connectivity index (χ4v) is 2.71. The number of carbonyl (C=O) groups excluding carboxylic acids is 1. The van der Waals surface area contributed by atoms with Crippen LogP contribution in [0.3, 0.4) is 0 Å². The number of amides is 1. The molecule has 0 aliphatic carbocycles. The highest BCUT2D eigenvalue weighted by atomic mass is 32.1. The molecule has 1 amide bonds. The zero-order chi connectivity index (χ0) is 14.5. The van der Waals surface area contributed by atoms with Crippen LogP contribution in [0.15, 0.2) is 22.6 Å². The van der Waals surface area contributed by atoms with Gasteiger partial charge in [0.2, 0.25) is 5.91 Å². The summed E-state index contributed by atoms with van der Waals surface area (Å²) in [5.74, 6) is 0.827. The van der Waals surface area contributed by atoms with Crippen LogP contribution in [0, 0.1) is 6.92 Å². The second-order valence-corrected chi connectivity index (χ2v) is 5.50. The van der Waals surface area contributed by atoms with E-state index in [4.69, 9.17) is 0 Å². The first kappa shape index (κ1) is 14.5. The Hall–Kier alpha value is -1.89. The van der Waals surface area contributed by atoms with Gasteiger partial charge in [0, 0.05) is 43.5 Å². The number of imidazole rings is 1. The van der Waals surface area contributed by atoms with Crippen molar-refractivity contribution < 1.29 is 4.79 Å². The number of nitrogens with zero attached hydrogens (tertiary/aromatic N) is 3. The SMILES string of the molecule is Cc1csc(=O)n1CCCC(=O)N(C)Cc1ncc[nH]1. The minimum Gasteiger partial charge on any atom is -0.347 e. The topological polar surface area (TPSA) is 71.0 Å². The zero-order valence-electron chi connectivity index (χ0n) is 11.6. The van der Waals surface area contributed by atoms with Crippen molar-refractivity contribution in [3.05, 3.63) is 39.0 Å². The van der Waals surface area contributed by atoms with Crippen LogP contribution in [0.1, 0.15) is 24.4 Å². The third-order valence-electron chi connectivity index (χ3n) is 3.12. The summed E-state index contributed by atoms with van der Waals surface area (Å²) >= 11 is 1.20. The molecule has 0 radical (unpaired) electrons. The van der Waals surface area contributed by atoms with E-state index in [0.717, 1.165) is 11.5 Å². The van der Waals surface area contributed by atoms with Gasteiger partial charge in [0.05, 0.1) is 6.54 Å². The van der Waals surface area contributed by atoms with E-state index < -0.39 is 0 Å². The first-order chi connectivity index (χ1) is 9.58. The van der Waals surface area contributed by atoms with E-state index >= 15 is 0 Å². The van der Waals surface area contributed by atoms with E-state index in [9.17, 15) is 9.59 Å². The Bertz CT molecular complexity index is 615. The van der Waals surface area contributed by atoms with Gasteiger partial charge in [0.1, 0.15) is 5.82 Å². The van der Waals surface area contributed by atoms with Crippen LogP contribution in [0.5, 0.6) is 0 Å². The average Bonchev–Trinajstić information content (AvgIpc) is 3.02. The fraction of sp³-hybridized carbons (Fsp3) is 0.462. The molecule has 0 spiro atoms. The Morgan fingerprint density at radius 1 is 1.55 bits per heavy atom. The van der Waals surface area contributed by atoms with Crippen molar-refractivity contribution in [2.75, 3.05) is 7.05 Å². The number of H-pyrrole nitrogens is 1. The molecule has 2 rings (SSSR count). The van der Waals surface area contributed by atoms with Gasteiger partial charge in [-0.2, -0.15) is 0 Å². The van der Waals surface area contributed by atoms with Crippen LogP contribution in [0.2, 0.25) is 0 Å². The lowest BCUT2D eigenvalue weighted by Gasteiger charge is -2.15. The Morgan fingerprint density at radius 3 is 2.95 bits per heavy atom. The predicted octanol–water partition coefficient (Wildman–Crippen LogP) is 1.38. The van der Waals surface area contributed by atoms with Gasteiger partial charge in [-0.3, -0.25) is 9.59 Å². The maximum Gasteiger partial charge on any atom is 0.307 e. The largest absolute Gasteiger partial charge is 0.347 e. The van der Waals surface area contributed by atoms with Gasteiger partial charge in [0.15, 0.2) is 0 Å². The van der Waals surface area contributed by atoms with Gasteiger partial charge in [0.25, 0.3) is 0 Å². The van der Waals surface area contributed by atoms with Gasteiger partial charge >= 0.3 is 4.87 Å². The van der Waals surface area contributed by atoms with Crippen LogP contribution >= 0.6 is 11.3 Å². The molecule has 0 saturated heterocycles. The molecule has 0 unspecified atom stereocenters. The van der Waals surface area contributed by atoms with E-state index in [2.05, 4.69) is 9.97 Å². The molecule has 6 nitrogen and oxygen atoms in total. The maximum atomic E-state index is 12.0. The third-order valence-corrected chi connectivity index (χ3v) is 4.00. The van der Waals surface area contributed by atoms with Gasteiger partial charge in [-0.25, -0.2) is 4.98 Å². The summed E-state index contributed by atoms with van der Waals surface area (Å²) in [4.78, 5) is 32.2. The average molecular weight is 294 g/mol. The molecule has 2 aromatic heterocycles. The Morgan fingerprint density at radius 2 is 2.35 bits per heavy atom. The van der Waals surface area contributed by atoms with E-state index in [0.29, 0.717) is 25.9 Å². The number of rotatable bonds is 6. The Labute approximate surface area is 121 Å². The van der Waals surface area contributed by atoms with Crippen LogP contribution in [-0.2, 0) is 17.9 Å². The van der Waals surface area contributed by atoms with Crippen molar-refractivity contribution in [2.45, 2.75) is 32.9 Å². The molecule has 1 N–H and O–H groups in total. The van der Waals surface area contributed by atoms with Gasteiger partial charge in [-0.05, 0) is 13.3 Å². The van der Waals surface area contributed by atoms with Crippen LogP contribution < -0.4 is 4.87 Å². The summed E-state index contributed by atoms with van der Waals surface area (Å²) in [5, 5.41) is 1.84. The van der Waals surface area contributed by atoms with Gasteiger partial charge < -0.3 is 14.5 Å². The van der Waals surface area contributed by atoms with Gasteiger partial charge in [-0.1, -0.05) is 11.3 Å². The van der Waals surface area contributed by atoms with E-state index in [1.54, 1.807) is 28.9 Å². The van der Waals surface area contributed by atoms with Crippen molar-refractivity contribution in [3.63, 3.8) is 0 Å². The standard InChI is InChI=1S/C13H18N4O2S/c1-10-9-20-13(19)17(10)7-3-4-12(18)16(2)8-11-14-5-6-15-11/h5-6,9H,3-4,7-8H2,1-2H3,(H,14,15). The highest BCUT2D eigenvalue weighted by Gasteiger charge is 2.11. The summed E-state index contributed by atoms with van der Waals surface area (Å²) in [6.07, 6.45) is 4.50. The molecule has 0 saturated carbocycles. The lowest BCUT2D eigenvalue weighted by atomic mass is 10.2. The molecular weight excluding hydrogens is 276 g/mol. The molecule has 0 aromatic carbocycles. The summed E-state index contributed by atoms with van der Waals surface area (Å²) in [5.41, 5.74) is 0.955. The van der Waals surface area contributed by atoms with Crippen molar-refractivity contribution in [3.8, 4) is 0 Å². The number of carbonyl (C=O) groups is 1. The highest BCUT2D eigenvalue weighted by molar-refractivity contribution is 7.07. The van der Waals surface area contributed by atoms with E-state index in [-0.39, 0.29) is 10.8 Å². The molecule has 2 aromatic rings. The predicted molar refractivity (Wildman–Crippen MR) is 77.6 cm³/mol. The summed E-state index contributed by atoms with van der Waals surface area (Å²) < 4.78 is 1.71. The lowest BCUT2D eigenvalue weighted by Crippen LogP contribution is -2.27. The molecule has 0 aliphatic rings. The molecule has 2 heterocycles. The van der Waals surface area contributed by atoms with Crippen LogP contribution in [0.25, 0.3) is 0 Å². The second-order valence-electron chi connectivity index (χ2n) is 4.68. The maximum absolute atomic E-state index is 12.0. The number of nitrogens with one attached hydrogen (secondary N) is 1. The minimum atomic E-state index is 0.0406. The number of aryl methyl sites for hydroxylation is 1. The van der Waals surface area contributed by atoms with Gasteiger partial charge in [-0.15, -0.1) is 0 Å². The number of thiazole rings is 1. The minimum absolute atomic E-state index is 0.0406. The molecular formula is C13H18N4O2S. The van der Waals surface area contributed by atoms with Crippen molar-refractivity contribution >= 4 is 17.2 Å². The lowest BCUT2D eigenvalue weighted by molar-refractivity contribution is -0.130. The molecule has 20 heavy (non-hydrogen) atoms. The monoisotopic (exact) mass is 294 g/mol. The van der Waals surface area contributed by atoms with Crippen molar-refractivity contribution in [2.24, 2.45) is 0 Å². The second kappa shape index (κ2) is 6.51. The summed E-state index contributed by atoms with van der Waals surface area (Å²) in [6.45, 7) is 2.97. The van der Waals surface area contributed by atoms with Crippen molar-refractivity contribution in [1.82, 2.24) is 19.4 Å². The number of hydrogen-bond acceptors (Lipinski definition) is 4. The first-order valence-electron chi connectivity index (χ1n) is 6.45. The number of aromatic amines is 1. The summed E-state index contributed by atoms with van der Waals surface area (Å²) in [6, 6.07) is 0. The molecule has 7 heteroatoms. The molecule has 0 fully saturated rings. The van der Waals surface area contributed by atoms with E-state index in [1.807, 2.05) is 12.3 Å². The molecule has 0 atom stereocenters. The quantitative estimate of drug-likeness (QED) is 0.875. The fourth-order valence-electron chi connectivity index (χ4n) is 1.95. The normalized spacial score (nSPS) is 10.7. The molecule has 0 aliphatic heterocycles. The Kier molecular flexibility index (Phi) is 4.73. The smallest absolute Gasteiger partial charge is 0.307 e. The Balaban J connectivity index is 1.79. The number of hydrogen-bond donors (Lipinski definition) is 1. The van der Waals surface area contributed by atoms with Crippen LogP contribution in [0.4, 0.5) is 0 Å². The zero-order valence-corrected chi connectivity index (χ0v) is 12.4. The van der Waals surface area contributed by atoms with Crippen molar-refractivity contribution in [1.29, 1.82) is 0 Å². The summed E-state index contributed by atoms with van der Waals surface area (Å²) in [7, 11) is 1.76. The third kappa shape index (κ3) is 3.57. The van der Waals surface area contributed by atoms with Crippen LogP contribution in [-0.4, -0.2) is 32.4 Å². The first-order valence-corrected chi connectivity index (χ1v) is 7.33. The number of aromatic nitrogens is 3. The highest BCUT2D eigenvalue weighted by Crippen LogP contribution is 2.05.